The smallest absolute Gasteiger partial charge is 0.315 e. The van der Waals surface area contributed by atoms with Gasteiger partial charge in [0.25, 0.3) is 0 Å². The first-order chi connectivity index (χ1) is 13.6. The standard InChI is InChI=1S/C21H27ClO7/c1-10-6-19-8-20(10,26)5-4-12(19)21-7-11(22)15(23)18(2,17(25)29-21)14(21)13(19)16(24)28-9-27-3/h11-15,23,26H,1,4-9H2,2-3H3/t11-,12-,13-,14-,15+,18+,19+,20+,21-/m1/s1. The quantitative estimate of drug-likeness (QED) is 0.305. The van der Waals surface area contributed by atoms with E-state index in [0.717, 1.165) is 5.57 Å². The fraction of sp³-hybridized carbons (Fsp3) is 0.810. The van der Waals surface area contributed by atoms with E-state index in [4.69, 9.17) is 25.8 Å². The van der Waals surface area contributed by atoms with Crippen LogP contribution in [0, 0.1) is 28.6 Å². The molecule has 1 heterocycles. The average molecular weight is 427 g/mol. The van der Waals surface area contributed by atoms with Gasteiger partial charge in [-0.1, -0.05) is 6.58 Å². The Kier molecular flexibility index (Phi) is 3.93. The van der Waals surface area contributed by atoms with E-state index < -0.39 is 57.3 Å². The van der Waals surface area contributed by atoms with E-state index in [1.54, 1.807) is 6.92 Å². The molecular formula is C21H27ClO7. The van der Waals surface area contributed by atoms with Crippen LogP contribution in [0.3, 0.4) is 0 Å². The van der Waals surface area contributed by atoms with E-state index >= 15 is 0 Å². The third-order valence-electron chi connectivity index (χ3n) is 8.84. The maximum atomic E-state index is 13.4. The Morgan fingerprint density at radius 3 is 2.86 bits per heavy atom. The number of halogens is 1. The second-order valence-corrected chi connectivity index (χ2v) is 10.5. The Labute approximate surface area is 174 Å². The van der Waals surface area contributed by atoms with Crippen LogP contribution in [0.1, 0.15) is 39.0 Å². The molecule has 0 amide bonds. The van der Waals surface area contributed by atoms with Gasteiger partial charge in [-0.25, -0.2) is 0 Å². The zero-order valence-electron chi connectivity index (χ0n) is 16.7. The summed E-state index contributed by atoms with van der Waals surface area (Å²) in [6, 6.07) is 0. The molecule has 29 heavy (non-hydrogen) atoms. The molecule has 0 aromatic carbocycles. The van der Waals surface area contributed by atoms with E-state index in [0.29, 0.717) is 25.7 Å². The Morgan fingerprint density at radius 2 is 2.17 bits per heavy atom. The normalized spacial score (nSPS) is 54.7. The van der Waals surface area contributed by atoms with Crippen molar-refractivity contribution in [1.82, 2.24) is 0 Å². The minimum absolute atomic E-state index is 0.154. The van der Waals surface area contributed by atoms with Crippen LogP contribution < -0.4 is 0 Å². The van der Waals surface area contributed by atoms with Crippen molar-refractivity contribution in [3.8, 4) is 0 Å². The lowest BCUT2D eigenvalue weighted by Gasteiger charge is -2.46. The fourth-order valence-electron chi connectivity index (χ4n) is 7.86. The first kappa shape index (κ1) is 19.8. The Hall–Kier alpha value is -1.15. The van der Waals surface area contributed by atoms with Crippen molar-refractivity contribution in [1.29, 1.82) is 0 Å². The summed E-state index contributed by atoms with van der Waals surface area (Å²) in [5.41, 5.74) is -3.20. The van der Waals surface area contributed by atoms with E-state index in [1.807, 2.05) is 0 Å². The second kappa shape index (κ2) is 5.75. The summed E-state index contributed by atoms with van der Waals surface area (Å²) in [5.74, 6) is -2.43. The van der Waals surface area contributed by atoms with Gasteiger partial charge in [0.2, 0.25) is 0 Å². The van der Waals surface area contributed by atoms with Crippen LogP contribution in [0.15, 0.2) is 12.2 Å². The average Bonchev–Trinajstić information content (AvgIpc) is 3.08. The van der Waals surface area contributed by atoms with Crippen molar-refractivity contribution in [2.75, 3.05) is 13.9 Å². The molecule has 0 radical (unpaired) electrons. The SMILES string of the molecule is C=C1C[C@]23C[C@@]1(O)CC[C@H]2[C@@]12C[C@@H](Cl)[C@H](O)[C@@](C)(C(=O)O1)[C@H]2[C@@H]3C(=O)OCOC. The van der Waals surface area contributed by atoms with Gasteiger partial charge in [-0.2, -0.15) is 0 Å². The minimum atomic E-state index is -1.31. The largest absolute Gasteiger partial charge is 0.458 e. The van der Waals surface area contributed by atoms with E-state index in [1.165, 1.54) is 7.11 Å². The van der Waals surface area contributed by atoms with Crippen LogP contribution >= 0.6 is 11.6 Å². The molecular weight excluding hydrogens is 400 g/mol. The third-order valence-corrected chi connectivity index (χ3v) is 9.24. The Bertz CT molecular complexity index is 815. The van der Waals surface area contributed by atoms with Gasteiger partial charge in [-0.05, 0) is 43.6 Å². The van der Waals surface area contributed by atoms with Gasteiger partial charge < -0.3 is 24.4 Å². The van der Waals surface area contributed by atoms with Crippen molar-refractivity contribution in [2.45, 2.75) is 61.7 Å². The number of alkyl halides is 1. The lowest BCUT2D eigenvalue weighted by molar-refractivity contribution is -0.172. The van der Waals surface area contributed by atoms with Gasteiger partial charge in [0.1, 0.15) is 5.60 Å². The first-order valence-corrected chi connectivity index (χ1v) is 10.6. The maximum absolute atomic E-state index is 13.4. The molecule has 5 rings (SSSR count). The summed E-state index contributed by atoms with van der Waals surface area (Å²) < 4.78 is 16.4. The molecule has 1 spiro atoms. The number of esters is 2. The molecule has 5 aliphatic rings. The van der Waals surface area contributed by atoms with Crippen molar-refractivity contribution >= 4 is 23.5 Å². The number of hydrogen-bond acceptors (Lipinski definition) is 7. The monoisotopic (exact) mass is 426 g/mol. The highest BCUT2D eigenvalue weighted by Crippen LogP contribution is 2.78. The summed E-state index contributed by atoms with van der Waals surface area (Å²) in [5, 5.41) is 21.5. The van der Waals surface area contributed by atoms with E-state index in [2.05, 4.69) is 6.58 Å². The zero-order chi connectivity index (χ0) is 21.0. The van der Waals surface area contributed by atoms with Crippen molar-refractivity contribution in [2.24, 2.45) is 28.6 Å². The number of rotatable bonds is 3. The number of aliphatic hydroxyl groups excluding tert-OH is 1. The molecule has 0 aromatic heterocycles. The lowest BCUT2D eigenvalue weighted by Crippen LogP contribution is -2.57. The Morgan fingerprint density at radius 1 is 1.45 bits per heavy atom. The summed E-state index contributed by atoms with van der Waals surface area (Å²) >= 11 is 6.52. The van der Waals surface area contributed by atoms with Crippen LogP contribution in [0.25, 0.3) is 0 Å². The molecule has 1 saturated heterocycles. The number of fused-ring (bicyclic) bond motifs is 1. The third kappa shape index (κ3) is 2.05. The van der Waals surface area contributed by atoms with Crippen molar-refractivity contribution in [3.63, 3.8) is 0 Å². The summed E-state index contributed by atoms with van der Waals surface area (Å²) in [6.07, 6.45) is 1.11. The number of carbonyl (C=O) groups is 2. The van der Waals surface area contributed by atoms with Gasteiger partial charge in [0.15, 0.2) is 6.79 Å². The molecule has 5 fully saturated rings. The van der Waals surface area contributed by atoms with Crippen LogP contribution in [-0.2, 0) is 23.8 Å². The number of hydrogen-bond donors (Lipinski definition) is 2. The van der Waals surface area contributed by atoms with Crippen LogP contribution in [0.2, 0.25) is 0 Å². The summed E-state index contributed by atoms with van der Waals surface area (Å²) in [4.78, 5) is 26.4. The second-order valence-electron chi connectivity index (χ2n) is 9.93. The summed E-state index contributed by atoms with van der Waals surface area (Å²) in [6.45, 7) is 5.56. The van der Waals surface area contributed by atoms with Crippen LogP contribution in [0.5, 0.6) is 0 Å². The first-order valence-electron chi connectivity index (χ1n) is 10.2. The molecule has 4 saturated carbocycles. The molecule has 0 aromatic rings. The number of carbonyl (C=O) groups excluding carboxylic acids is 2. The molecule has 7 nitrogen and oxygen atoms in total. The van der Waals surface area contributed by atoms with Gasteiger partial charge in [-0.3, -0.25) is 9.59 Å². The van der Waals surface area contributed by atoms with Crippen LogP contribution in [0.4, 0.5) is 0 Å². The molecule has 4 bridgehead atoms. The highest BCUT2D eigenvalue weighted by atomic mass is 35.5. The highest BCUT2D eigenvalue weighted by Gasteiger charge is 2.85. The topological polar surface area (TPSA) is 102 Å². The lowest BCUT2D eigenvalue weighted by atomic mass is 9.58. The van der Waals surface area contributed by atoms with Gasteiger partial charge in [-0.15, -0.1) is 11.6 Å². The molecule has 0 unspecified atom stereocenters. The van der Waals surface area contributed by atoms with Crippen LogP contribution in [-0.4, -0.2) is 58.7 Å². The molecule has 4 aliphatic carbocycles. The maximum Gasteiger partial charge on any atom is 0.315 e. The summed E-state index contributed by atoms with van der Waals surface area (Å²) in [7, 11) is 1.43. The van der Waals surface area contributed by atoms with Gasteiger partial charge in [0, 0.05) is 25.4 Å². The number of methoxy groups -OCH3 is 1. The predicted molar refractivity (Wildman–Crippen MR) is 101 cm³/mol. The molecule has 2 N–H and O–H groups in total. The van der Waals surface area contributed by atoms with E-state index in [9.17, 15) is 19.8 Å². The van der Waals surface area contributed by atoms with Gasteiger partial charge >= 0.3 is 11.9 Å². The van der Waals surface area contributed by atoms with Gasteiger partial charge in [0.05, 0.1) is 28.4 Å². The highest BCUT2D eigenvalue weighted by molar-refractivity contribution is 6.21. The molecule has 160 valence electrons. The van der Waals surface area contributed by atoms with Crippen molar-refractivity contribution < 1.29 is 34.0 Å². The Balaban J connectivity index is 1.71. The fourth-order valence-corrected chi connectivity index (χ4v) is 8.36. The molecule has 9 atom stereocenters. The number of aliphatic hydroxyl groups is 2. The predicted octanol–water partition coefficient (Wildman–Crippen LogP) is 1.53. The van der Waals surface area contributed by atoms with Crippen molar-refractivity contribution in [3.05, 3.63) is 12.2 Å². The molecule has 1 aliphatic heterocycles. The zero-order valence-corrected chi connectivity index (χ0v) is 17.4. The number of ether oxygens (including phenoxy) is 3. The minimum Gasteiger partial charge on any atom is -0.458 e. The molecule has 8 heteroatoms. The van der Waals surface area contributed by atoms with E-state index in [-0.39, 0.29) is 19.1 Å².